The van der Waals surface area contributed by atoms with Crippen LogP contribution in [0, 0.1) is 0 Å². The zero-order valence-electron chi connectivity index (χ0n) is 13.0. The van der Waals surface area contributed by atoms with Crippen LogP contribution in [0.25, 0.3) is 0 Å². The van der Waals surface area contributed by atoms with Gasteiger partial charge in [-0.05, 0) is 26.3 Å². The third-order valence-corrected chi connectivity index (χ3v) is 6.57. The Bertz CT molecular complexity index is 363. The SMILES string of the molecule is CC(=O)/C=C(\C)NCCC[Si]12OCCN(CCO1)CCO2. The minimum Gasteiger partial charge on any atom is -0.388 e. The number of carbonyl (C=O) groups is 1. The van der Waals surface area contributed by atoms with Crippen LogP contribution in [0.15, 0.2) is 11.8 Å². The average molecular weight is 314 g/mol. The lowest BCUT2D eigenvalue weighted by atomic mass is 10.3. The molecule has 0 aromatic heterocycles. The molecular weight excluding hydrogens is 288 g/mol. The van der Waals surface area contributed by atoms with Crippen LogP contribution < -0.4 is 5.32 Å². The summed E-state index contributed by atoms with van der Waals surface area (Å²) in [4.78, 5) is 13.3. The molecule has 0 aromatic rings. The van der Waals surface area contributed by atoms with Crippen LogP contribution in [0.2, 0.25) is 6.04 Å². The van der Waals surface area contributed by atoms with Crippen molar-refractivity contribution in [2.75, 3.05) is 46.0 Å². The first-order chi connectivity index (χ1) is 10.1. The number of carbonyl (C=O) groups excluding carboxylic acids is 1. The van der Waals surface area contributed by atoms with E-state index in [1.165, 1.54) is 0 Å². The van der Waals surface area contributed by atoms with Gasteiger partial charge in [0.25, 0.3) is 0 Å². The molecule has 0 amide bonds. The van der Waals surface area contributed by atoms with E-state index in [1.807, 2.05) is 6.92 Å². The van der Waals surface area contributed by atoms with Crippen LogP contribution >= 0.6 is 0 Å². The first-order valence-electron chi connectivity index (χ1n) is 7.67. The summed E-state index contributed by atoms with van der Waals surface area (Å²) in [5, 5.41) is 3.24. The van der Waals surface area contributed by atoms with Crippen LogP contribution in [0.3, 0.4) is 0 Å². The van der Waals surface area contributed by atoms with Crippen LogP contribution in [0.1, 0.15) is 20.3 Å². The van der Waals surface area contributed by atoms with E-state index in [1.54, 1.807) is 13.0 Å². The van der Waals surface area contributed by atoms with Gasteiger partial charge in [-0.3, -0.25) is 9.69 Å². The molecule has 0 radical (unpaired) electrons. The summed E-state index contributed by atoms with van der Waals surface area (Å²) in [5.74, 6) is 0.0626. The number of hydrogen-bond acceptors (Lipinski definition) is 6. The molecule has 3 fully saturated rings. The maximum atomic E-state index is 11.0. The summed E-state index contributed by atoms with van der Waals surface area (Å²) >= 11 is 0. The zero-order valence-corrected chi connectivity index (χ0v) is 14.0. The summed E-state index contributed by atoms with van der Waals surface area (Å²) in [6, 6.07) is 0.827. The van der Waals surface area contributed by atoms with Crippen molar-refractivity contribution in [2.24, 2.45) is 0 Å². The van der Waals surface area contributed by atoms with Crippen molar-refractivity contribution < 1.29 is 18.1 Å². The highest BCUT2D eigenvalue weighted by molar-refractivity contribution is 6.60. The lowest BCUT2D eigenvalue weighted by molar-refractivity contribution is -0.112. The van der Waals surface area contributed by atoms with Crippen molar-refractivity contribution in [1.82, 2.24) is 10.2 Å². The Balaban J connectivity index is 1.78. The monoisotopic (exact) mass is 314 g/mol. The average Bonchev–Trinajstić information content (AvgIpc) is 2.34. The highest BCUT2D eigenvalue weighted by Crippen LogP contribution is 2.21. The quantitative estimate of drug-likeness (QED) is 0.444. The summed E-state index contributed by atoms with van der Waals surface area (Å²) in [7, 11) is -2.48. The van der Waals surface area contributed by atoms with Gasteiger partial charge in [0.1, 0.15) is 0 Å². The molecule has 0 spiro atoms. The topological polar surface area (TPSA) is 60.0 Å². The van der Waals surface area contributed by atoms with E-state index < -0.39 is 8.80 Å². The predicted octanol–water partition coefficient (Wildman–Crippen LogP) is 0.777. The van der Waals surface area contributed by atoms with Crippen LogP contribution in [0.4, 0.5) is 0 Å². The summed E-state index contributed by atoms with van der Waals surface area (Å²) in [6.07, 6.45) is 2.53. The van der Waals surface area contributed by atoms with E-state index in [9.17, 15) is 4.79 Å². The molecule has 6 nitrogen and oxygen atoms in total. The number of nitrogens with zero attached hydrogens (tertiary/aromatic N) is 1. The van der Waals surface area contributed by atoms with Gasteiger partial charge in [-0.2, -0.15) is 0 Å². The second kappa shape index (κ2) is 8.05. The van der Waals surface area contributed by atoms with Gasteiger partial charge in [0.15, 0.2) is 5.78 Å². The van der Waals surface area contributed by atoms with Gasteiger partial charge in [-0.25, -0.2) is 0 Å². The Kier molecular flexibility index (Phi) is 6.37. The Labute approximate surface area is 127 Å². The highest BCUT2D eigenvalue weighted by Gasteiger charge is 2.43. The van der Waals surface area contributed by atoms with Crippen molar-refractivity contribution in [3.8, 4) is 0 Å². The number of rotatable bonds is 6. The number of ketones is 1. The van der Waals surface area contributed by atoms with Gasteiger partial charge in [0.2, 0.25) is 0 Å². The highest BCUT2D eigenvalue weighted by atomic mass is 28.4. The number of fused-ring (bicyclic) bond motifs is 6. The van der Waals surface area contributed by atoms with Crippen LogP contribution in [-0.2, 0) is 18.1 Å². The van der Waals surface area contributed by atoms with Crippen LogP contribution in [0.5, 0.6) is 0 Å². The normalized spacial score (nSPS) is 30.4. The molecule has 3 saturated heterocycles. The fraction of sp³-hybridized carbons (Fsp3) is 0.786. The predicted molar refractivity (Wildman–Crippen MR) is 81.9 cm³/mol. The van der Waals surface area contributed by atoms with E-state index in [0.29, 0.717) is 19.8 Å². The molecule has 120 valence electrons. The minimum absolute atomic E-state index is 0.0626. The van der Waals surface area contributed by atoms with Gasteiger partial charge in [-0.15, -0.1) is 0 Å². The van der Waals surface area contributed by atoms with Gasteiger partial charge >= 0.3 is 8.80 Å². The smallest absolute Gasteiger partial charge is 0.388 e. The summed E-state index contributed by atoms with van der Waals surface area (Å²) in [5.41, 5.74) is 0.899. The number of hydrogen-bond donors (Lipinski definition) is 1. The van der Waals surface area contributed by atoms with Crippen molar-refractivity contribution in [3.05, 3.63) is 11.8 Å². The molecule has 21 heavy (non-hydrogen) atoms. The van der Waals surface area contributed by atoms with Gasteiger partial charge in [0, 0.05) is 37.9 Å². The third kappa shape index (κ3) is 5.52. The van der Waals surface area contributed by atoms with E-state index in [-0.39, 0.29) is 5.78 Å². The number of nitrogens with one attached hydrogen (secondary N) is 1. The third-order valence-electron chi connectivity index (χ3n) is 3.67. The molecule has 0 aliphatic carbocycles. The first-order valence-corrected chi connectivity index (χ1v) is 9.60. The molecule has 1 N–H and O–H groups in total. The zero-order chi connectivity index (χ0) is 15.1. The molecular formula is C14H26N2O4Si. The van der Waals surface area contributed by atoms with Gasteiger partial charge < -0.3 is 18.6 Å². The van der Waals surface area contributed by atoms with E-state index in [2.05, 4.69) is 10.2 Å². The first kappa shape index (κ1) is 16.6. The molecule has 0 atom stereocenters. The molecule has 3 aliphatic heterocycles. The van der Waals surface area contributed by atoms with E-state index >= 15 is 0 Å². The summed E-state index contributed by atoms with van der Waals surface area (Å²) in [6.45, 7) is 9.27. The Morgan fingerprint density at radius 2 is 1.71 bits per heavy atom. The molecule has 0 unspecified atom stereocenters. The van der Waals surface area contributed by atoms with Crippen LogP contribution in [-0.4, -0.2) is 65.5 Å². The Hall–Kier alpha value is -0.733. The second-order valence-electron chi connectivity index (χ2n) is 5.54. The van der Waals surface area contributed by atoms with Gasteiger partial charge in [0.05, 0.1) is 19.8 Å². The van der Waals surface area contributed by atoms with Crippen molar-refractivity contribution in [1.29, 1.82) is 0 Å². The van der Waals surface area contributed by atoms with E-state index in [4.69, 9.17) is 13.3 Å². The molecule has 3 heterocycles. The maximum Gasteiger partial charge on any atom is 0.501 e. The second-order valence-corrected chi connectivity index (χ2v) is 8.27. The molecule has 0 saturated carbocycles. The Morgan fingerprint density at radius 3 is 2.24 bits per heavy atom. The largest absolute Gasteiger partial charge is 0.501 e. The van der Waals surface area contributed by atoms with E-state index in [0.717, 1.165) is 44.3 Å². The maximum absolute atomic E-state index is 11.0. The van der Waals surface area contributed by atoms with Crippen molar-refractivity contribution in [3.63, 3.8) is 0 Å². The lowest BCUT2D eigenvalue weighted by Gasteiger charge is -2.38. The molecule has 7 heteroatoms. The molecule has 2 bridgehead atoms. The van der Waals surface area contributed by atoms with Gasteiger partial charge in [-0.1, -0.05) is 0 Å². The molecule has 3 rings (SSSR count). The lowest BCUT2D eigenvalue weighted by Crippen LogP contribution is -2.55. The fourth-order valence-corrected chi connectivity index (χ4v) is 5.11. The Morgan fingerprint density at radius 1 is 1.14 bits per heavy atom. The standard InChI is InChI=1S/C14H26N2O4Si/c1-13(12-14(2)17)15-4-3-11-21-18-8-5-16(6-9-19-21)7-10-20-21/h12,15H,3-11H2,1-2H3/b13-12+. The molecule has 0 aromatic carbocycles. The van der Waals surface area contributed by atoms with Crippen molar-refractivity contribution >= 4 is 14.6 Å². The van der Waals surface area contributed by atoms with Crippen molar-refractivity contribution in [2.45, 2.75) is 26.3 Å². The fourth-order valence-electron chi connectivity index (χ4n) is 2.61. The summed E-state index contributed by atoms with van der Waals surface area (Å²) < 4.78 is 17.9. The minimum atomic E-state index is -2.48. The molecule has 3 aliphatic rings. The number of allylic oxidation sites excluding steroid dienone is 2.